The molecule has 0 aromatic heterocycles. The van der Waals surface area contributed by atoms with Gasteiger partial charge in [0, 0.05) is 31.1 Å². The van der Waals surface area contributed by atoms with E-state index in [1.807, 2.05) is 6.07 Å². The van der Waals surface area contributed by atoms with Crippen LogP contribution in [-0.4, -0.2) is 24.8 Å². The van der Waals surface area contributed by atoms with Crippen molar-refractivity contribution in [1.29, 1.82) is 0 Å². The number of nitrogens with two attached hydrogens (primary N) is 1. The van der Waals surface area contributed by atoms with E-state index in [1.165, 1.54) is 16.8 Å². The van der Waals surface area contributed by atoms with Crippen LogP contribution in [0.1, 0.15) is 31.4 Å². The molecule has 0 aliphatic rings. The molecule has 1 aromatic carbocycles. The molecule has 0 aliphatic carbocycles. The van der Waals surface area contributed by atoms with Gasteiger partial charge in [0.2, 0.25) is 0 Å². The Hall–Kier alpha value is -1.22. The molecule has 3 N–H and O–H groups in total. The fourth-order valence-corrected chi connectivity index (χ4v) is 2.21. The zero-order valence-corrected chi connectivity index (χ0v) is 11.2. The van der Waals surface area contributed by atoms with Crippen LogP contribution >= 0.6 is 0 Å². The summed E-state index contributed by atoms with van der Waals surface area (Å²) in [5.41, 5.74) is 10.6. The van der Waals surface area contributed by atoms with E-state index < -0.39 is 0 Å². The Morgan fingerprint density at radius 1 is 1.29 bits per heavy atom. The average molecular weight is 236 g/mol. The van der Waals surface area contributed by atoms with Crippen molar-refractivity contribution < 1.29 is 5.11 Å². The van der Waals surface area contributed by atoms with Crippen molar-refractivity contribution in [1.82, 2.24) is 0 Å². The molecule has 0 heterocycles. The lowest BCUT2D eigenvalue weighted by Gasteiger charge is -2.26. The highest BCUT2D eigenvalue weighted by Crippen LogP contribution is 2.28. The Morgan fingerprint density at radius 3 is 2.53 bits per heavy atom. The Labute approximate surface area is 104 Å². The van der Waals surface area contributed by atoms with E-state index in [0.29, 0.717) is 0 Å². The van der Waals surface area contributed by atoms with E-state index in [2.05, 4.69) is 31.7 Å². The SMILES string of the molecule is CCc1c(N(CC)CCCO)ccc(N)c1C. The predicted molar refractivity (Wildman–Crippen MR) is 74.6 cm³/mol. The van der Waals surface area contributed by atoms with Crippen LogP contribution in [0.4, 0.5) is 11.4 Å². The first-order chi connectivity index (χ1) is 8.15. The van der Waals surface area contributed by atoms with Gasteiger partial charge in [0.15, 0.2) is 0 Å². The highest BCUT2D eigenvalue weighted by atomic mass is 16.3. The fourth-order valence-electron chi connectivity index (χ4n) is 2.21. The van der Waals surface area contributed by atoms with Gasteiger partial charge in [0.05, 0.1) is 0 Å². The number of nitrogen functional groups attached to an aromatic ring is 1. The van der Waals surface area contributed by atoms with E-state index >= 15 is 0 Å². The van der Waals surface area contributed by atoms with Crippen molar-refractivity contribution in [2.45, 2.75) is 33.6 Å². The lowest BCUT2D eigenvalue weighted by atomic mass is 10.0. The fraction of sp³-hybridized carbons (Fsp3) is 0.571. The molecule has 0 radical (unpaired) electrons. The maximum absolute atomic E-state index is 8.94. The average Bonchev–Trinajstić information content (AvgIpc) is 2.34. The number of hydrogen-bond donors (Lipinski definition) is 2. The number of benzene rings is 1. The van der Waals surface area contributed by atoms with Crippen LogP contribution in [0.2, 0.25) is 0 Å². The van der Waals surface area contributed by atoms with Crippen molar-refractivity contribution in [3.63, 3.8) is 0 Å². The van der Waals surface area contributed by atoms with E-state index in [1.54, 1.807) is 0 Å². The molecular weight excluding hydrogens is 212 g/mol. The summed E-state index contributed by atoms with van der Waals surface area (Å²) in [5, 5.41) is 8.94. The molecule has 96 valence electrons. The summed E-state index contributed by atoms with van der Waals surface area (Å²) in [4.78, 5) is 2.31. The predicted octanol–water partition coefficient (Wildman–Crippen LogP) is 2.35. The lowest BCUT2D eigenvalue weighted by Crippen LogP contribution is -2.26. The van der Waals surface area contributed by atoms with Gasteiger partial charge < -0.3 is 15.7 Å². The third-order valence-electron chi connectivity index (χ3n) is 3.28. The van der Waals surface area contributed by atoms with Crippen molar-refractivity contribution in [2.24, 2.45) is 0 Å². The normalized spacial score (nSPS) is 10.6. The maximum atomic E-state index is 8.94. The largest absolute Gasteiger partial charge is 0.399 e. The smallest absolute Gasteiger partial charge is 0.0447 e. The second-order valence-corrected chi connectivity index (χ2v) is 4.29. The first-order valence-electron chi connectivity index (χ1n) is 6.39. The first kappa shape index (κ1) is 13.8. The Morgan fingerprint density at radius 2 is 2.00 bits per heavy atom. The second kappa shape index (κ2) is 6.50. The molecule has 3 nitrogen and oxygen atoms in total. The molecule has 0 fully saturated rings. The number of aliphatic hydroxyl groups is 1. The maximum Gasteiger partial charge on any atom is 0.0447 e. The first-order valence-corrected chi connectivity index (χ1v) is 6.39. The van der Waals surface area contributed by atoms with Crippen LogP contribution in [0.5, 0.6) is 0 Å². The van der Waals surface area contributed by atoms with Gasteiger partial charge in [-0.2, -0.15) is 0 Å². The van der Waals surface area contributed by atoms with Crippen molar-refractivity contribution in [3.05, 3.63) is 23.3 Å². The van der Waals surface area contributed by atoms with E-state index in [9.17, 15) is 0 Å². The molecule has 17 heavy (non-hydrogen) atoms. The van der Waals surface area contributed by atoms with Crippen LogP contribution in [0.25, 0.3) is 0 Å². The quantitative estimate of drug-likeness (QED) is 0.745. The Balaban J connectivity index is 3.06. The number of rotatable bonds is 6. The topological polar surface area (TPSA) is 49.5 Å². The van der Waals surface area contributed by atoms with Gasteiger partial charge in [0.1, 0.15) is 0 Å². The van der Waals surface area contributed by atoms with Crippen LogP contribution in [0.3, 0.4) is 0 Å². The summed E-state index contributed by atoms with van der Waals surface area (Å²) < 4.78 is 0. The standard InChI is InChI=1S/C14H24N2O/c1-4-12-11(3)13(15)7-8-14(12)16(5-2)9-6-10-17/h7-8,17H,4-6,9-10,15H2,1-3H3. The summed E-state index contributed by atoms with van der Waals surface area (Å²) in [6, 6.07) is 4.08. The molecule has 0 saturated carbocycles. The van der Waals surface area contributed by atoms with E-state index in [4.69, 9.17) is 10.8 Å². The molecule has 1 rings (SSSR count). The van der Waals surface area contributed by atoms with E-state index in [0.717, 1.165) is 31.6 Å². The van der Waals surface area contributed by atoms with Crippen LogP contribution in [0.15, 0.2) is 12.1 Å². The number of anilines is 2. The summed E-state index contributed by atoms with van der Waals surface area (Å²) >= 11 is 0. The van der Waals surface area contributed by atoms with Gasteiger partial charge in [-0.3, -0.25) is 0 Å². The molecule has 3 heteroatoms. The summed E-state index contributed by atoms with van der Waals surface area (Å²) in [5.74, 6) is 0. The minimum absolute atomic E-state index is 0.242. The summed E-state index contributed by atoms with van der Waals surface area (Å²) in [6.45, 7) is 8.47. The van der Waals surface area contributed by atoms with Gasteiger partial charge >= 0.3 is 0 Å². The monoisotopic (exact) mass is 236 g/mol. The molecule has 0 bridgehead atoms. The third-order valence-corrected chi connectivity index (χ3v) is 3.28. The van der Waals surface area contributed by atoms with Crippen LogP contribution in [0, 0.1) is 6.92 Å². The zero-order chi connectivity index (χ0) is 12.8. The minimum Gasteiger partial charge on any atom is -0.399 e. The number of nitrogens with zero attached hydrogens (tertiary/aromatic N) is 1. The molecule has 0 atom stereocenters. The van der Waals surface area contributed by atoms with Crippen molar-refractivity contribution in [2.75, 3.05) is 30.3 Å². The van der Waals surface area contributed by atoms with Gasteiger partial charge in [-0.15, -0.1) is 0 Å². The van der Waals surface area contributed by atoms with Crippen molar-refractivity contribution >= 4 is 11.4 Å². The number of hydrogen-bond acceptors (Lipinski definition) is 3. The molecular formula is C14H24N2O. The second-order valence-electron chi connectivity index (χ2n) is 4.29. The molecule has 0 amide bonds. The van der Waals surface area contributed by atoms with Crippen LogP contribution < -0.4 is 10.6 Å². The highest BCUT2D eigenvalue weighted by molar-refractivity contribution is 5.64. The van der Waals surface area contributed by atoms with Crippen molar-refractivity contribution in [3.8, 4) is 0 Å². The van der Waals surface area contributed by atoms with Gasteiger partial charge in [-0.25, -0.2) is 0 Å². The van der Waals surface area contributed by atoms with Gasteiger partial charge in [-0.1, -0.05) is 6.92 Å². The molecule has 0 unspecified atom stereocenters. The Bertz CT molecular complexity index is 363. The van der Waals surface area contributed by atoms with Gasteiger partial charge in [-0.05, 0) is 49.9 Å². The highest BCUT2D eigenvalue weighted by Gasteiger charge is 2.11. The number of aliphatic hydroxyl groups excluding tert-OH is 1. The van der Waals surface area contributed by atoms with E-state index in [-0.39, 0.29) is 6.61 Å². The van der Waals surface area contributed by atoms with Crippen LogP contribution in [-0.2, 0) is 6.42 Å². The molecule has 1 aromatic rings. The van der Waals surface area contributed by atoms with Gasteiger partial charge in [0.25, 0.3) is 0 Å². The summed E-state index contributed by atoms with van der Waals surface area (Å²) in [7, 11) is 0. The minimum atomic E-state index is 0.242. The molecule has 0 saturated heterocycles. The zero-order valence-electron chi connectivity index (χ0n) is 11.2. The summed E-state index contributed by atoms with van der Waals surface area (Å²) in [6.07, 6.45) is 1.79. The molecule has 0 spiro atoms. The third kappa shape index (κ3) is 3.13. The molecule has 0 aliphatic heterocycles. The lowest BCUT2D eigenvalue weighted by molar-refractivity contribution is 0.289. The Kier molecular flexibility index (Phi) is 5.29.